The first kappa shape index (κ1) is 11.4. The standard InChI is InChI=1S/C11H19N3O2/c15-10-4-3-9(14-10)11(16)13-7-5-8-2-1-6-12-8/h8-9,12H,1-7H2,(H,13,16)(H,14,15)/t8-,9?/m0/s1. The monoisotopic (exact) mass is 225 g/mol. The summed E-state index contributed by atoms with van der Waals surface area (Å²) in [6.07, 6.45) is 4.52. The zero-order chi connectivity index (χ0) is 11.4. The summed E-state index contributed by atoms with van der Waals surface area (Å²) in [4.78, 5) is 22.6. The molecular formula is C11H19N3O2. The summed E-state index contributed by atoms with van der Waals surface area (Å²) in [5.74, 6) is -0.0542. The molecule has 5 nitrogen and oxygen atoms in total. The van der Waals surface area contributed by atoms with Crippen LogP contribution in [-0.4, -0.2) is 37.0 Å². The van der Waals surface area contributed by atoms with Crippen LogP contribution in [0.3, 0.4) is 0 Å². The van der Waals surface area contributed by atoms with Crippen molar-refractivity contribution in [2.75, 3.05) is 13.1 Å². The van der Waals surface area contributed by atoms with Gasteiger partial charge in [0.15, 0.2) is 0 Å². The molecule has 5 heteroatoms. The van der Waals surface area contributed by atoms with Crippen LogP contribution in [0.15, 0.2) is 0 Å². The maximum Gasteiger partial charge on any atom is 0.242 e. The Morgan fingerprint density at radius 3 is 2.94 bits per heavy atom. The molecule has 2 rings (SSSR count). The molecule has 2 fully saturated rings. The zero-order valence-electron chi connectivity index (χ0n) is 9.42. The van der Waals surface area contributed by atoms with Gasteiger partial charge >= 0.3 is 0 Å². The van der Waals surface area contributed by atoms with E-state index < -0.39 is 0 Å². The van der Waals surface area contributed by atoms with Gasteiger partial charge in [-0.05, 0) is 32.2 Å². The third-order valence-electron chi connectivity index (χ3n) is 3.27. The van der Waals surface area contributed by atoms with Crippen LogP contribution in [0.25, 0.3) is 0 Å². The van der Waals surface area contributed by atoms with Crippen LogP contribution in [0, 0.1) is 0 Å². The molecule has 3 N–H and O–H groups in total. The van der Waals surface area contributed by atoms with E-state index in [1.807, 2.05) is 0 Å². The van der Waals surface area contributed by atoms with Crippen LogP contribution in [-0.2, 0) is 9.59 Å². The predicted octanol–water partition coefficient (Wildman–Crippen LogP) is -0.477. The van der Waals surface area contributed by atoms with Gasteiger partial charge in [-0.1, -0.05) is 0 Å². The molecule has 1 unspecified atom stereocenters. The molecule has 0 aromatic rings. The van der Waals surface area contributed by atoms with Crippen LogP contribution >= 0.6 is 0 Å². The van der Waals surface area contributed by atoms with E-state index in [2.05, 4.69) is 16.0 Å². The van der Waals surface area contributed by atoms with Gasteiger partial charge in [-0.3, -0.25) is 9.59 Å². The predicted molar refractivity (Wildman–Crippen MR) is 59.8 cm³/mol. The quantitative estimate of drug-likeness (QED) is 0.605. The minimum atomic E-state index is -0.302. The summed E-state index contributed by atoms with van der Waals surface area (Å²) in [5, 5.41) is 8.93. The van der Waals surface area contributed by atoms with Gasteiger partial charge in [0.2, 0.25) is 11.8 Å². The highest BCUT2D eigenvalue weighted by atomic mass is 16.2. The van der Waals surface area contributed by atoms with Gasteiger partial charge in [-0.25, -0.2) is 0 Å². The third-order valence-corrected chi connectivity index (χ3v) is 3.27. The highest BCUT2D eigenvalue weighted by molar-refractivity contribution is 5.90. The Hall–Kier alpha value is -1.10. The van der Waals surface area contributed by atoms with Crippen molar-refractivity contribution in [3.05, 3.63) is 0 Å². The number of amides is 2. The van der Waals surface area contributed by atoms with Crippen LogP contribution in [0.5, 0.6) is 0 Å². The van der Waals surface area contributed by atoms with E-state index in [9.17, 15) is 9.59 Å². The van der Waals surface area contributed by atoms with E-state index in [0.717, 1.165) is 13.0 Å². The topological polar surface area (TPSA) is 70.2 Å². The van der Waals surface area contributed by atoms with E-state index in [4.69, 9.17) is 0 Å². The molecule has 0 radical (unpaired) electrons. The summed E-state index contributed by atoms with van der Waals surface area (Å²) >= 11 is 0. The van der Waals surface area contributed by atoms with Crippen molar-refractivity contribution >= 4 is 11.8 Å². The molecule has 2 heterocycles. The van der Waals surface area contributed by atoms with E-state index in [0.29, 0.717) is 25.4 Å². The summed E-state index contributed by atoms with van der Waals surface area (Å²) in [7, 11) is 0. The van der Waals surface area contributed by atoms with E-state index in [-0.39, 0.29) is 17.9 Å². The van der Waals surface area contributed by atoms with Gasteiger partial charge in [0, 0.05) is 19.0 Å². The lowest BCUT2D eigenvalue weighted by molar-refractivity contribution is -0.125. The second-order valence-corrected chi connectivity index (χ2v) is 4.53. The van der Waals surface area contributed by atoms with Crippen LogP contribution in [0.4, 0.5) is 0 Å². The molecule has 2 aliphatic rings. The van der Waals surface area contributed by atoms with Crippen LogP contribution < -0.4 is 16.0 Å². The zero-order valence-corrected chi connectivity index (χ0v) is 9.42. The lowest BCUT2D eigenvalue weighted by atomic mass is 10.1. The SMILES string of the molecule is O=C1CCC(C(=O)NCC[C@@H]2CCCN2)N1. The van der Waals surface area contributed by atoms with Crippen molar-refractivity contribution < 1.29 is 9.59 Å². The number of carbonyl (C=O) groups excluding carboxylic acids is 2. The maximum atomic E-state index is 11.6. The van der Waals surface area contributed by atoms with Gasteiger partial charge in [-0.2, -0.15) is 0 Å². The summed E-state index contributed by atoms with van der Waals surface area (Å²) < 4.78 is 0. The number of carbonyl (C=O) groups is 2. The lowest BCUT2D eigenvalue weighted by Crippen LogP contribution is -2.42. The third kappa shape index (κ3) is 2.95. The van der Waals surface area contributed by atoms with Crippen molar-refractivity contribution in [2.45, 2.75) is 44.2 Å². The second kappa shape index (κ2) is 5.30. The fraction of sp³-hybridized carbons (Fsp3) is 0.818. The average Bonchev–Trinajstić information content (AvgIpc) is 2.89. The van der Waals surface area contributed by atoms with E-state index in [1.165, 1.54) is 12.8 Å². The minimum Gasteiger partial charge on any atom is -0.354 e. The van der Waals surface area contributed by atoms with E-state index >= 15 is 0 Å². The lowest BCUT2D eigenvalue weighted by Gasteiger charge is -2.13. The Labute approximate surface area is 95.3 Å². The van der Waals surface area contributed by atoms with Crippen molar-refractivity contribution in [1.82, 2.24) is 16.0 Å². The summed E-state index contributed by atoms with van der Waals surface area (Å²) in [5.41, 5.74) is 0. The molecule has 16 heavy (non-hydrogen) atoms. The van der Waals surface area contributed by atoms with Gasteiger partial charge < -0.3 is 16.0 Å². The molecule has 90 valence electrons. The molecule has 2 amide bonds. The fourth-order valence-electron chi connectivity index (χ4n) is 2.31. The van der Waals surface area contributed by atoms with Gasteiger partial charge in [-0.15, -0.1) is 0 Å². The second-order valence-electron chi connectivity index (χ2n) is 4.53. The van der Waals surface area contributed by atoms with Crippen molar-refractivity contribution in [1.29, 1.82) is 0 Å². The molecule has 0 saturated carbocycles. The Morgan fingerprint density at radius 1 is 1.44 bits per heavy atom. The molecule has 2 aliphatic heterocycles. The van der Waals surface area contributed by atoms with Crippen LogP contribution in [0.2, 0.25) is 0 Å². The molecule has 0 aliphatic carbocycles. The van der Waals surface area contributed by atoms with E-state index in [1.54, 1.807) is 0 Å². The Kier molecular flexibility index (Phi) is 3.77. The minimum absolute atomic E-state index is 0.0161. The van der Waals surface area contributed by atoms with Gasteiger partial charge in [0.05, 0.1) is 0 Å². The Balaban J connectivity index is 1.61. The Morgan fingerprint density at radius 2 is 2.31 bits per heavy atom. The molecule has 0 aromatic carbocycles. The average molecular weight is 225 g/mol. The molecule has 2 saturated heterocycles. The number of rotatable bonds is 4. The van der Waals surface area contributed by atoms with Crippen molar-refractivity contribution in [3.63, 3.8) is 0 Å². The molecule has 0 aromatic heterocycles. The maximum absolute atomic E-state index is 11.6. The molecular weight excluding hydrogens is 206 g/mol. The smallest absolute Gasteiger partial charge is 0.242 e. The first-order valence-corrected chi connectivity index (χ1v) is 6.06. The highest BCUT2D eigenvalue weighted by Crippen LogP contribution is 2.08. The fourth-order valence-corrected chi connectivity index (χ4v) is 2.31. The molecule has 0 spiro atoms. The number of nitrogens with one attached hydrogen (secondary N) is 3. The summed E-state index contributed by atoms with van der Waals surface area (Å²) in [6.45, 7) is 1.79. The first-order valence-electron chi connectivity index (χ1n) is 6.06. The number of hydrogen-bond donors (Lipinski definition) is 3. The highest BCUT2D eigenvalue weighted by Gasteiger charge is 2.26. The van der Waals surface area contributed by atoms with Crippen molar-refractivity contribution in [3.8, 4) is 0 Å². The van der Waals surface area contributed by atoms with Gasteiger partial charge in [0.1, 0.15) is 6.04 Å². The van der Waals surface area contributed by atoms with Crippen molar-refractivity contribution in [2.24, 2.45) is 0 Å². The van der Waals surface area contributed by atoms with Crippen LogP contribution in [0.1, 0.15) is 32.1 Å². The normalized spacial score (nSPS) is 29.1. The first-order chi connectivity index (χ1) is 7.75. The Bertz CT molecular complexity index is 274. The summed E-state index contributed by atoms with van der Waals surface area (Å²) in [6, 6.07) is 0.252. The van der Waals surface area contributed by atoms with Gasteiger partial charge in [0.25, 0.3) is 0 Å². The molecule has 2 atom stereocenters. The molecule has 0 bridgehead atoms. The largest absolute Gasteiger partial charge is 0.354 e. The number of hydrogen-bond acceptors (Lipinski definition) is 3.